The third kappa shape index (κ3) is 3.56. The van der Waals surface area contributed by atoms with Crippen molar-refractivity contribution in [2.24, 2.45) is 0 Å². The van der Waals surface area contributed by atoms with E-state index in [1.807, 2.05) is 11.9 Å². The number of aliphatic hydroxyl groups is 1. The molecule has 0 aliphatic rings. The van der Waals surface area contributed by atoms with Crippen molar-refractivity contribution in [1.82, 2.24) is 4.98 Å². The maximum atomic E-state index is 9.15. The van der Waals surface area contributed by atoms with Gasteiger partial charge in [0, 0.05) is 19.8 Å². The summed E-state index contributed by atoms with van der Waals surface area (Å²) in [5, 5.41) is 17.9. The van der Waals surface area contributed by atoms with E-state index in [1.165, 1.54) is 0 Å². The molecule has 0 aromatic carbocycles. The van der Waals surface area contributed by atoms with Gasteiger partial charge in [-0.1, -0.05) is 0 Å². The van der Waals surface area contributed by atoms with Crippen LogP contribution in [0.5, 0.6) is 0 Å². The van der Waals surface area contributed by atoms with Gasteiger partial charge in [0.25, 0.3) is 0 Å². The SMILES string of the molecule is C[C@H](O)CCN(C)c1cc(C#N)ccn1. The number of nitrogens with zero attached hydrogens (tertiary/aromatic N) is 3. The summed E-state index contributed by atoms with van der Waals surface area (Å²) in [6.45, 7) is 2.48. The Bertz CT molecular complexity index is 357. The maximum absolute atomic E-state index is 9.15. The van der Waals surface area contributed by atoms with Gasteiger partial charge in [0.05, 0.1) is 17.7 Å². The third-order valence-corrected chi connectivity index (χ3v) is 2.15. The fourth-order valence-electron chi connectivity index (χ4n) is 1.19. The lowest BCUT2D eigenvalue weighted by atomic mass is 10.2. The van der Waals surface area contributed by atoms with Crippen molar-refractivity contribution in [2.75, 3.05) is 18.5 Å². The second-order valence-electron chi connectivity index (χ2n) is 3.57. The van der Waals surface area contributed by atoms with E-state index in [-0.39, 0.29) is 6.10 Å². The highest BCUT2D eigenvalue weighted by molar-refractivity contribution is 5.44. The van der Waals surface area contributed by atoms with Gasteiger partial charge in [0.2, 0.25) is 0 Å². The third-order valence-electron chi connectivity index (χ3n) is 2.15. The second-order valence-corrected chi connectivity index (χ2v) is 3.57. The van der Waals surface area contributed by atoms with E-state index in [4.69, 9.17) is 10.4 Å². The summed E-state index contributed by atoms with van der Waals surface area (Å²) < 4.78 is 0. The number of hydrogen-bond acceptors (Lipinski definition) is 4. The Labute approximate surface area is 89.8 Å². The zero-order chi connectivity index (χ0) is 11.3. The standard InChI is InChI=1S/C11H15N3O/c1-9(15)4-6-14(2)11-7-10(8-12)3-5-13-11/h3,5,7,9,15H,4,6H2,1-2H3/t9-/m0/s1. The molecule has 1 heterocycles. The lowest BCUT2D eigenvalue weighted by Crippen LogP contribution is -2.22. The Hall–Kier alpha value is -1.60. The average molecular weight is 205 g/mol. The molecule has 15 heavy (non-hydrogen) atoms. The quantitative estimate of drug-likeness (QED) is 0.801. The first-order valence-corrected chi connectivity index (χ1v) is 4.89. The van der Waals surface area contributed by atoms with Gasteiger partial charge >= 0.3 is 0 Å². The molecule has 0 spiro atoms. The predicted octanol–water partition coefficient (Wildman–Crippen LogP) is 1.16. The summed E-state index contributed by atoms with van der Waals surface area (Å²) >= 11 is 0. The van der Waals surface area contributed by atoms with Crippen LogP contribution in [0.15, 0.2) is 18.3 Å². The molecule has 1 rings (SSSR count). The van der Waals surface area contributed by atoms with Crippen molar-refractivity contribution < 1.29 is 5.11 Å². The molecule has 4 nitrogen and oxygen atoms in total. The van der Waals surface area contributed by atoms with Crippen LogP contribution in [0.3, 0.4) is 0 Å². The molecule has 1 aromatic heterocycles. The van der Waals surface area contributed by atoms with E-state index in [2.05, 4.69) is 11.1 Å². The van der Waals surface area contributed by atoms with Gasteiger partial charge in [-0.25, -0.2) is 4.98 Å². The number of rotatable bonds is 4. The fourth-order valence-corrected chi connectivity index (χ4v) is 1.19. The highest BCUT2D eigenvalue weighted by atomic mass is 16.3. The van der Waals surface area contributed by atoms with E-state index >= 15 is 0 Å². The molecule has 0 amide bonds. The minimum Gasteiger partial charge on any atom is -0.393 e. The lowest BCUT2D eigenvalue weighted by Gasteiger charge is -2.18. The normalized spacial score (nSPS) is 11.9. The van der Waals surface area contributed by atoms with E-state index in [0.29, 0.717) is 12.0 Å². The van der Waals surface area contributed by atoms with Crippen molar-refractivity contribution in [2.45, 2.75) is 19.4 Å². The molecule has 0 fully saturated rings. The number of nitriles is 1. The highest BCUT2D eigenvalue weighted by Crippen LogP contribution is 2.10. The molecular formula is C11H15N3O. The molecule has 0 aliphatic carbocycles. The zero-order valence-electron chi connectivity index (χ0n) is 9.01. The topological polar surface area (TPSA) is 60.1 Å². The van der Waals surface area contributed by atoms with Gasteiger partial charge in [0.15, 0.2) is 0 Å². The Morgan fingerprint density at radius 1 is 1.67 bits per heavy atom. The highest BCUT2D eigenvalue weighted by Gasteiger charge is 2.04. The minimum atomic E-state index is -0.313. The molecule has 1 N–H and O–H groups in total. The first kappa shape index (κ1) is 11.5. The molecule has 0 aliphatic heterocycles. The van der Waals surface area contributed by atoms with Crippen molar-refractivity contribution in [3.8, 4) is 6.07 Å². The predicted molar refractivity (Wildman–Crippen MR) is 58.5 cm³/mol. The largest absolute Gasteiger partial charge is 0.393 e. The lowest BCUT2D eigenvalue weighted by molar-refractivity contribution is 0.187. The van der Waals surface area contributed by atoms with Crippen LogP contribution < -0.4 is 4.90 Å². The van der Waals surface area contributed by atoms with Crippen LogP contribution in [0.4, 0.5) is 5.82 Å². The van der Waals surface area contributed by atoms with Crippen LogP contribution in [0.1, 0.15) is 18.9 Å². The molecule has 80 valence electrons. The summed E-state index contributed by atoms with van der Waals surface area (Å²) in [5.74, 6) is 0.759. The molecule has 1 atom stereocenters. The van der Waals surface area contributed by atoms with Gasteiger partial charge in [-0.15, -0.1) is 0 Å². The van der Waals surface area contributed by atoms with Crippen molar-refractivity contribution >= 4 is 5.82 Å². The van der Waals surface area contributed by atoms with Crippen molar-refractivity contribution in [3.63, 3.8) is 0 Å². The fraction of sp³-hybridized carbons (Fsp3) is 0.455. The van der Waals surface area contributed by atoms with Crippen molar-refractivity contribution in [1.29, 1.82) is 5.26 Å². The summed E-state index contributed by atoms with van der Waals surface area (Å²) in [7, 11) is 1.89. The smallest absolute Gasteiger partial charge is 0.129 e. The summed E-state index contributed by atoms with van der Waals surface area (Å²) in [6, 6.07) is 5.48. The average Bonchev–Trinajstić information content (AvgIpc) is 2.26. The van der Waals surface area contributed by atoms with Gasteiger partial charge in [0.1, 0.15) is 5.82 Å². The molecule has 0 radical (unpaired) electrons. The molecule has 0 unspecified atom stereocenters. The number of aromatic nitrogens is 1. The Morgan fingerprint density at radius 3 is 3.00 bits per heavy atom. The first-order valence-electron chi connectivity index (χ1n) is 4.89. The Balaban J connectivity index is 2.65. The number of hydrogen-bond donors (Lipinski definition) is 1. The summed E-state index contributed by atoms with van der Waals surface area (Å²) in [5.41, 5.74) is 0.601. The van der Waals surface area contributed by atoms with E-state index in [9.17, 15) is 0 Å². The van der Waals surface area contributed by atoms with Crippen LogP contribution in [0.25, 0.3) is 0 Å². The minimum absolute atomic E-state index is 0.313. The molecular weight excluding hydrogens is 190 g/mol. The number of pyridine rings is 1. The van der Waals surface area contributed by atoms with Crippen LogP contribution in [0, 0.1) is 11.3 Å². The Kier molecular flexibility index (Phi) is 4.07. The monoisotopic (exact) mass is 205 g/mol. The van der Waals surface area contributed by atoms with Gasteiger partial charge in [-0.3, -0.25) is 0 Å². The van der Waals surface area contributed by atoms with Crippen LogP contribution >= 0.6 is 0 Å². The van der Waals surface area contributed by atoms with Crippen LogP contribution in [-0.4, -0.2) is 29.8 Å². The number of anilines is 1. The van der Waals surface area contributed by atoms with E-state index in [0.717, 1.165) is 12.4 Å². The molecule has 1 aromatic rings. The molecule has 0 bridgehead atoms. The first-order chi connectivity index (χ1) is 7.13. The summed E-state index contributed by atoms with van der Waals surface area (Å²) in [4.78, 5) is 6.08. The molecule has 4 heteroatoms. The van der Waals surface area contributed by atoms with E-state index < -0.39 is 0 Å². The number of aliphatic hydroxyl groups excluding tert-OH is 1. The van der Waals surface area contributed by atoms with Gasteiger partial charge < -0.3 is 10.0 Å². The second kappa shape index (κ2) is 5.32. The summed E-state index contributed by atoms with van der Waals surface area (Å²) in [6.07, 6.45) is 1.99. The maximum Gasteiger partial charge on any atom is 0.129 e. The van der Waals surface area contributed by atoms with Crippen molar-refractivity contribution in [3.05, 3.63) is 23.9 Å². The van der Waals surface area contributed by atoms with E-state index in [1.54, 1.807) is 25.3 Å². The van der Waals surface area contributed by atoms with Crippen LogP contribution in [-0.2, 0) is 0 Å². The molecule has 0 saturated carbocycles. The van der Waals surface area contributed by atoms with Gasteiger partial charge in [-0.2, -0.15) is 5.26 Å². The Morgan fingerprint density at radius 2 is 2.40 bits per heavy atom. The molecule has 0 saturated heterocycles. The van der Waals surface area contributed by atoms with Crippen LogP contribution in [0.2, 0.25) is 0 Å². The zero-order valence-corrected chi connectivity index (χ0v) is 9.01. The van der Waals surface area contributed by atoms with Gasteiger partial charge in [-0.05, 0) is 25.5 Å².